The van der Waals surface area contributed by atoms with Crippen LogP contribution in [0, 0.1) is 0 Å². The number of rotatable bonds is 2. The van der Waals surface area contributed by atoms with Crippen molar-refractivity contribution in [3.05, 3.63) is 70.8 Å². The number of fused-ring (bicyclic) bond motifs is 1. The number of carbonyl (C=O) groups is 1. The monoisotopic (exact) mass is 262 g/mol. The second-order valence-corrected chi connectivity index (χ2v) is 5.55. The van der Waals surface area contributed by atoms with Crippen molar-refractivity contribution in [2.75, 3.05) is 0 Å². The van der Waals surface area contributed by atoms with E-state index in [2.05, 4.69) is 44.2 Å². The van der Waals surface area contributed by atoms with Crippen LogP contribution in [0.3, 0.4) is 0 Å². The molecule has 0 bridgehead atoms. The quantitative estimate of drug-likeness (QED) is 0.693. The van der Waals surface area contributed by atoms with Gasteiger partial charge < -0.3 is 0 Å². The van der Waals surface area contributed by atoms with Gasteiger partial charge in [0.1, 0.15) is 0 Å². The van der Waals surface area contributed by atoms with Crippen LogP contribution in [0.5, 0.6) is 0 Å². The van der Waals surface area contributed by atoms with Crippen LogP contribution >= 0.6 is 0 Å². The van der Waals surface area contributed by atoms with Gasteiger partial charge in [0.2, 0.25) is 0 Å². The third kappa shape index (κ3) is 2.00. The van der Waals surface area contributed by atoms with Gasteiger partial charge in [-0.25, -0.2) is 0 Å². The predicted octanol–water partition coefficient (Wildman–Crippen LogP) is 5.03. The first-order valence-corrected chi connectivity index (χ1v) is 6.97. The smallest absolute Gasteiger partial charge is 0.160 e. The summed E-state index contributed by atoms with van der Waals surface area (Å²) in [5, 5.41) is 2.32. The van der Waals surface area contributed by atoms with E-state index < -0.39 is 0 Å². The molecule has 0 aromatic heterocycles. The average Bonchev–Trinajstić information content (AvgIpc) is 2.77. The molecule has 0 radical (unpaired) electrons. The van der Waals surface area contributed by atoms with Crippen LogP contribution in [0.4, 0.5) is 0 Å². The molecule has 1 aliphatic rings. The summed E-state index contributed by atoms with van der Waals surface area (Å²) in [6.45, 7) is 5.93. The zero-order chi connectivity index (χ0) is 14.3. The summed E-state index contributed by atoms with van der Waals surface area (Å²) in [7, 11) is 0. The maximum atomic E-state index is 12.0. The molecule has 0 amide bonds. The van der Waals surface area contributed by atoms with Crippen molar-refractivity contribution >= 4 is 16.6 Å². The molecular weight excluding hydrogens is 244 g/mol. The lowest BCUT2D eigenvalue weighted by Crippen LogP contribution is -2.04. The molecule has 20 heavy (non-hydrogen) atoms. The molecule has 1 aliphatic carbocycles. The van der Waals surface area contributed by atoms with Crippen molar-refractivity contribution in [2.24, 2.45) is 0 Å². The van der Waals surface area contributed by atoms with E-state index >= 15 is 0 Å². The van der Waals surface area contributed by atoms with Crippen LogP contribution in [-0.2, 0) is 0 Å². The molecule has 0 aliphatic heterocycles. The summed E-state index contributed by atoms with van der Waals surface area (Å²) in [4.78, 5) is 12.0. The Labute approximate surface area is 119 Å². The van der Waals surface area contributed by atoms with Crippen molar-refractivity contribution in [3.8, 4) is 0 Å². The number of benzene rings is 2. The average molecular weight is 262 g/mol. The molecule has 1 nitrogen and oxygen atoms in total. The molecule has 0 saturated heterocycles. The fraction of sp³-hybridized carbons (Fsp3) is 0.211. The summed E-state index contributed by atoms with van der Waals surface area (Å²) in [5.41, 5.74) is 4.61. The molecule has 1 unspecified atom stereocenters. The molecule has 2 aromatic rings. The summed E-state index contributed by atoms with van der Waals surface area (Å²) >= 11 is 0. The van der Waals surface area contributed by atoms with Crippen LogP contribution in [-0.4, -0.2) is 5.78 Å². The highest BCUT2D eigenvalue weighted by Gasteiger charge is 2.21. The van der Waals surface area contributed by atoms with Gasteiger partial charge in [-0.3, -0.25) is 4.79 Å². The lowest BCUT2D eigenvalue weighted by Gasteiger charge is -2.16. The standard InChI is InChI=1S/C19H18O/c1-12-8-9-17(13(12)2)19-11-16-7-5-4-6-15(16)10-18(19)14(3)20/h4-11,17H,1-3H3. The maximum absolute atomic E-state index is 12.0. The van der Waals surface area contributed by atoms with Crippen LogP contribution < -0.4 is 0 Å². The Hall–Kier alpha value is -2.15. The molecule has 3 rings (SSSR count). The van der Waals surface area contributed by atoms with Crippen LogP contribution in [0.2, 0.25) is 0 Å². The molecule has 100 valence electrons. The van der Waals surface area contributed by atoms with E-state index in [0.717, 1.165) is 16.5 Å². The third-order valence-corrected chi connectivity index (χ3v) is 4.26. The molecule has 0 fully saturated rings. The van der Waals surface area contributed by atoms with Gasteiger partial charge in [0.05, 0.1) is 0 Å². The Balaban J connectivity index is 2.26. The Kier molecular flexibility index (Phi) is 3.06. The highest BCUT2D eigenvalue weighted by molar-refractivity contribution is 6.00. The van der Waals surface area contributed by atoms with Crippen LogP contribution in [0.15, 0.2) is 59.7 Å². The molecule has 0 heterocycles. The van der Waals surface area contributed by atoms with Crippen LogP contribution in [0.25, 0.3) is 10.8 Å². The predicted molar refractivity (Wildman–Crippen MR) is 84.2 cm³/mol. The maximum Gasteiger partial charge on any atom is 0.160 e. The van der Waals surface area contributed by atoms with Crippen molar-refractivity contribution in [3.63, 3.8) is 0 Å². The minimum Gasteiger partial charge on any atom is -0.295 e. The van der Waals surface area contributed by atoms with Crippen molar-refractivity contribution in [1.82, 2.24) is 0 Å². The first-order valence-electron chi connectivity index (χ1n) is 6.97. The molecular formula is C19H18O. The van der Waals surface area contributed by atoms with Crippen molar-refractivity contribution in [2.45, 2.75) is 26.7 Å². The van der Waals surface area contributed by atoms with Gasteiger partial charge in [-0.1, -0.05) is 47.6 Å². The number of hydrogen-bond donors (Lipinski definition) is 0. The van der Waals surface area contributed by atoms with E-state index in [1.807, 2.05) is 18.2 Å². The zero-order valence-electron chi connectivity index (χ0n) is 12.1. The lowest BCUT2D eigenvalue weighted by atomic mass is 9.87. The fourth-order valence-electron chi connectivity index (χ4n) is 2.92. The molecule has 0 saturated carbocycles. The lowest BCUT2D eigenvalue weighted by molar-refractivity contribution is 0.101. The Morgan fingerprint density at radius 1 is 1.05 bits per heavy atom. The zero-order valence-corrected chi connectivity index (χ0v) is 12.1. The number of allylic oxidation sites excluding steroid dienone is 4. The van der Waals surface area contributed by atoms with Gasteiger partial charge in [-0.2, -0.15) is 0 Å². The second-order valence-electron chi connectivity index (χ2n) is 5.55. The first kappa shape index (κ1) is 12.9. The fourth-order valence-corrected chi connectivity index (χ4v) is 2.92. The number of carbonyl (C=O) groups excluding carboxylic acids is 1. The summed E-state index contributed by atoms with van der Waals surface area (Å²) in [6, 6.07) is 12.4. The van der Waals surface area contributed by atoms with Gasteiger partial charge in [0.15, 0.2) is 5.78 Å². The molecule has 0 N–H and O–H groups in total. The summed E-state index contributed by atoms with van der Waals surface area (Å²) < 4.78 is 0. The van der Waals surface area contributed by atoms with Crippen molar-refractivity contribution in [1.29, 1.82) is 0 Å². The number of ketones is 1. The molecule has 0 spiro atoms. The van der Waals surface area contributed by atoms with Gasteiger partial charge >= 0.3 is 0 Å². The van der Waals surface area contributed by atoms with E-state index in [4.69, 9.17) is 0 Å². The van der Waals surface area contributed by atoms with E-state index in [1.54, 1.807) is 6.92 Å². The first-order chi connectivity index (χ1) is 9.58. The summed E-state index contributed by atoms with van der Waals surface area (Å²) in [5.74, 6) is 0.370. The molecule has 2 aromatic carbocycles. The highest BCUT2D eigenvalue weighted by Crippen LogP contribution is 2.37. The SMILES string of the molecule is CC(=O)c1cc2ccccc2cc1C1C=CC(C)=C1C. The highest BCUT2D eigenvalue weighted by atomic mass is 16.1. The van der Waals surface area contributed by atoms with E-state index in [9.17, 15) is 4.79 Å². The minimum absolute atomic E-state index is 0.136. The Bertz CT molecular complexity index is 762. The largest absolute Gasteiger partial charge is 0.295 e. The summed E-state index contributed by atoms with van der Waals surface area (Å²) in [6.07, 6.45) is 4.35. The van der Waals surface area contributed by atoms with Gasteiger partial charge in [-0.05, 0) is 49.2 Å². The van der Waals surface area contributed by atoms with Crippen molar-refractivity contribution < 1.29 is 4.79 Å². The van der Waals surface area contributed by atoms with E-state index in [1.165, 1.54) is 16.5 Å². The number of hydrogen-bond acceptors (Lipinski definition) is 1. The normalized spacial score (nSPS) is 18.1. The van der Waals surface area contributed by atoms with E-state index in [0.29, 0.717) is 0 Å². The Morgan fingerprint density at radius 2 is 1.70 bits per heavy atom. The van der Waals surface area contributed by atoms with Gasteiger partial charge in [0, 0.05) is 11.5 Å². The molecule has 1 heteroatoms. The van der Waals surface area contributed by atoms with E-state index in [-0.39, 0.29) is 11.7 Å². The minimum atomic E-state index is 0.136. The van der Waals surface area contributed by atoms with Gasteiger partial charge in [-0.15, -0.1) is 0 Å². The Morgan fingerprint density at radius 3 is 2.25 bits per heavy atom. The van der Waals surface area contributed by atoms with Gasteiger partial charge in [0.25, 0.3) is 0 Å². The van der Waals surface area contributed by atoms with Crippen LogP contribution in [0.1, 0.15) is 42.6 Å². The second kappa shape index (κ2) is 4.75. The molecule has 1 atom stereocenters. The third-order valence-electron chi connectivity index (χ3n) is 4.26. The number of Topliss-reactive ketones (excluding diaryl/α,β-unsaturated/α-hetero) is 1. The topological polar surface area (TPSA) is 17.1 Å².